The SMILES string of the molecule is COc1ccc(Cl)cc1-c1noc(-c2cccc(N3C(=O)c4ccccc4C3=O)c2)n1. The van der Waals surface area contributed by atoms with Crippen molar-refractivity contribution < 1.29 is 18.8 Å². The van der Waals surface area contributed by atoms with Crippen molar-refractivity contribution in [3.63, 3.8) is 0 Å². The van der Waals surface area contributed by atoms with Gasteiger partial charge in [0.25, 0.3) is 17.7 Å². The van der Waals surface area contributed by atoms with E-state index in [-0.39, 0.29) is 17.7 Å². The van der Waals surface area contributed by atoms with Crippen LogP contribution in [0.5, 0.6) is 5.75 Å². The fourth-order valence-electron chi connectivity index (χ4n) is 3.51. The number of rotatable bonds is 4. The largest absolute Gasteiger partial charge is 0.496 e. The molecule has 0 unspecified atom stereocenters. The summed E-state index contributed by atoms with van der Waals surface area (Å²) in [7, 11) is 1.54. The van der Waals surface area contributed by atoms with Crippen LogP contribution in [0.15, 0.2) is 71.3 Å². The van der Waals surface area contributed by atoms with Crippen LogP contribution in [0.1, 0.15) is 20.7 Å². The molecule has 0 aliphatic carbocycles. The van der Waals surface area contributed by atoms with Crippen LogP contribution < -0.4 is 9.64 Å². The molecule has 5 rings (SSSR count). The van der Waals surface area contributed by atoms with Gasteiger partial charge >= 0.3 is 0 Å². The number of hydrogen-bond donors (Lipinski definition) is 0. The number of hydrogen-bond acceptors (Lipinski definition) is 6. The Bertz CT molecular complexity index is 1310. The molecule has 0 spiro atoms. The molecule has 4 aromatic rings. The van der Waals surface area contributed by atoms with Gasteiger partial charge < -0.3 is 9.26 Å². The summed E-state index contributed by atoms with van der Waals surface area (Å²) in [5, 5.41) is 4.54. The van der Waals surface area contributed by atoms with Crippen molar-refractivity contribution in [3.8, 4) is 28.6 Å². The summed E-state index contributed by atoms with van der Waals surface area (Å²) in [5.41, 5.74) is 2.33. The minimum absolute atomic E-state index is 0.232. The molecule has 0 radical (unpaired) electrons. The van der Waals surface area contributed by atoms with E-state index < -0.39 is 0 Å². The summed E-state index contributed by atoms with van der Waals surface area (Å²) in [6, 6.07) is 18.7. The molecule has 0 saturated heterocycles. The van der Waals surface area contributed by atoms with Crippen LogP contribution in [0.25, 0.3) is 22.8 Å². The number of methoxy groups -OCH3 is 1. The summed E-state index contributed by atoms with van der Waals surface area (Å²) in [4.78, 5) is 31.1. The number of carbonyl (C=O) groups is 2. The second kappa shape index (κ2) is 7.37. The molecule has 1 aromatic heterocycles. The molecule has 0 fully saturated rings. The van der Waals surface area contributed by atoms with Gasteiger partial charge in [-0.25, -0.2) is 4.90 Å². The smallest absolute Gasteiger partial charge is 0.266 e. The molecule has 0 saturated carbocycles. The molecular weight excluding hydrogens is 418 g/mol. The number of nitrogens with zero attached hydrogens (tertiary/aromatic N) is 3. The summed E-state index contributed by atoms with van der Waals surface area (Å²) in [6.45, 7) is 0. The van der Waals surface area contributed by atoms with Crippen LogP contribution in [0.3, 0.4) is 0 Å². The summed E-state index contributed by atoms with van der Waals surface area (Å²) < 4.78 is 10.8. The van der Waals surface area contributed by atoms with E-state index in [1.54, 1.807) is 73.8 Å². The van der Waals surface area contributed by atoms with Crippen molar-refractivity contribution in [2.75, 3.05) is 12.0 Å². The molecule has 0 bridgehead atoms. The first-order valence-corrected chi connectivity index (χ1v) is 9.70. The van der Waals surface area contributed by atoms with Crippen LogP contribution in [0, 0.1) is 0 Å². The van der Waals surface area contributed by atoms with Crippen molar-refractivity contribution in [1.82, 2.24) is 10.1 Å². The minimum Gasteiger partial charge on any atom is -0.496 e. The molecule has 1 aliphatic heterocycles. The van der Waals surface area contributed by atoms with Crippen molar-refractivity contribution in [1.29, 1.82) is 0 Å². The van der Waals surface area contributed by atoms with Crippen LogP contribution in [-0.4, -0.2) is 29.1 Å². The van der Waals surface area contributed by atoms with E-state index in [1.165, 1.54) is 0 Å². The third-order valence-electron chi connectivity index (χ3n) is 4.97. The maximum atomic E-state index is 12.8. The third-order valence-corrected chi connectivity index (χ3v) is 5.21. The lowest BCUT2D eigenvalue weighted by Crippen LogP contribution is -2.29. The predicted octanol–water partition coefficient (Wildman–Crippen LogP) is 4.87. The fourth-order valence-corrected chi connectivity index (χ4v) is 3.68. The lowest BCUT2D eigenvalue weighted by molar-refractivity contribution is 0.0926. The second-order valence-electron chi connectivity index (χ2n) is 6.81. The van der Waals surface area contributed by atoms with E-state index in [0.717, 1.165) is 4.90 Å². The third kappa shape index (κ3) is 3.15. The van der Waals surface area contributed by atoms with Gasteiger partial charge in [0, 0.05) is 10.6 Å². The number of ether oxygens (including phenoxy) is 1. The molecule has 8 heteroatoms. The number of fused-ring (bicyclic) bond motifs is 1. The van der Waals surface area contributed by atoms with Gasteiger partial charge in [0.15, 0.2) is 0 Å². The molecule has 0 N–H and O–H groups in total. The molecule has 0 atom stereocenters. The zero-order chi connectivity index (χ0) is 21.5. The van der Waals surface area contributed by atoms with E-state index in [9.17, 15) is 9.59 Å². The number of aromatic nitrogens is 2. The first kappa shape index (κ1) is 19.0. The van der Waals surface area contributed by atoms with Crippen molar-refractivity contribution in [3.05, 3.63) is 82.9 Å². The van der Waals surface area contributed by atoms with Crippen molar-refractivity contribution in [2.24, 2.45) is 0 Å². The average molecular weight is 432 g/mol. The van der Waals surface area contributed by atoms with Crippen LogP contribution in [-0.2, 0) is 0 Å². The van der Waals surface area contributed by atoms with Gasteiger partial charge in [0.1, 0.15) is 5.75 Å². The van der Waals surface area contributed by atoms with E-state index in [4.69, 9.17) is 20.9 Å². The Balaban J connectivity index is 1.51. The monoisotopic (exact) mass is 431 g/mol. The van der Waals surface area contributed by atoms with E-state index in [0.29, 0.717) is 44.5 Å². The Morgan fingerprint density at radius 3 is 2.35 bits per heavy atom. The first-order valence-electron chi connectivity index (χ1n) is 9.32. The van der Waals surface area contributed by atoms with E-state index in [1.807, 2.05) is 0 Å². The Morgan fingerprint density at radius 2 is 1.65 bits per heavy atom. The van der Waals surface area contributed by atoms with Gasteiger partial charge in [0.05, 0.1) is 29.5 Å². The fraction of sp³-hybridized carbons (Fsp3) is 0.0435. The summed E-state index contributed by atoms with van der Waals surface area (Å²) >= 11 is 6.10. The highest BCUT2D eigenvalue weighted by Gasteiger charge is 2.36. The molecule has 1 aliphatic rings. The first-order chi connectivity index (χ1) is 15.1. The molecule has 2 heterocycles. The molecule has 152 valence electrons. The number of carbonyl (C=O) groups excluding carboxylic acids is 2. The lowest BCUT2D eigenvalue weighted by atomic mass is 10.1. The Hall–Kier alpha value is -3.97. The zero-order valence-corrected chi connectivity index (χ0v) is 17.0. The van der Waals surface area contributed by atoms with Crippen molar-refractivity contribution >= 4 is 29.1 Å². The Kier molecular flexibility index (Phi) is 4.52. The number of benzene rings is 3. The Labute approximate surface area is 181 Å². The predicted molar refractivity (Wildman–Crippen MR) is 114 cm³/mol. The van der Waals surface area contributed by atoms with E-state index in [2.05, 4.69) is 10.1 Å². The zero-order valence-electron chi connectivity index (χ0n) is 16.2. The van der Waals surface area contributed by atoms with Gasteiger partial charge in [-0.3, -0.25) is 9.59 Å². The quantitative estimate of drug-likeness (QED) is 0.429. The number of halogens is 1. The van der Waals surface area contributed by atoms with Gasteiger partial charge in [-0.05, 0) is 48.5 Å². The standard InChI is InChI=1S/C23H14ClN3O4/c1-30-19-10-9-14(24)12-18(19)20-25-21(31-26-20)13-5-4-6-15(11-13)27-22(28)16-7-2-3-8-17(16)23(27)29/h2-12H,1H3. The average Bonchev–Trinajstić information content (AvgIpc) is 3.38. The molecular formula is C23H14ClN3O4. The number of imide groups is 1. The molecule has 2 amide bonds. The van der Waals surface area contributed by atoms with Gasteiger partial charge in [-0.2, -0.15) is 4.98 Å². The molecule has 7 nitrogen and oxygen atoms in total. The van der Waals surface area contributed by atoms with Gasteiger partial charge in [0.2, 0.25) is 5.82 Å². The highest BCUT2D eigenvalue weighted by molar-refractivity contribution is 6.34. The summed E-state index contributed by atoms with van der Waals surface area (Å²) in [5.74, 6) is 0.354. The topological polar surface area (TPSA) is 85.5 Å². The van der Waals surface area contributed by atoms with Crippen LogP contribution in [0.4, 0.5) is 5.69 Å². The minimum atomic E-state index is -0.368. The maximum absolute atomic E-state index is 12.8. The molecule has 31 heavy (non-hydrogen) atoms. The normalized spacial score (nSPS) is 12.9. The maximum Gasteiger partial charge on any atom is 0.266 e. The highest BCUT2D eigenvalue weighted by atomic mass is 35.5. The number of anilines is 1. The van der Waals surface area contributed by atoms with Crippen LogP contribution >= 0.6 is 11.6 Å². The Morgan fingerprint density at radius 1 is 0.903 bits per heavy atom. The number of amides is 2. The van der Waals surface area contributed by atoms with E-state index >= 15 is 0 Å². The van der Waals surface area contributed by atoms with Gasteiger partial charge in [-0.1, -0.05) is 35.0 Å². The second-order valence-corrected chi connectivity index (χ2v) is 7.25. The van der Waals surface area contributed by atoms with Gasteiger partial charge in [-0.15, -0.1) is 0 Å². The van der Waals surface area contributed by atoms with Crippen molar-refractivity contribution in [2.45, 2.75) is 0 Å². The lowest BCUT2D eigenvalue weighted by Gasteiger charge is -2.14. The van der Waals surface area contributed by atoms with Crippen LogP contribution in [0.2, 0.25) is 5.02 Å². The molecule has 3 aromatic carbocycles. The summed E-state index contributed by atoms with van der Waals surface area (Å²) in [6.07, 6.45) is 0. The highest BCUT2D eigenvalue weighted by Crippen LogP contribution is 2.34.